The molecule has 7 heteroatoms. The van der Waals surface area contributed by atoms with Crippen molar-refractivity contribution in [3.63, 3.8) is 0 Å². The van der Waals surface area contributed by atoms with Crippen LogP contribution in [-0.2, 0) is 25.7 Å². The molecular formula is C29H30F3N3O. The van der Waals surface area contributed by atoms with Crippen molar-refractivity contribution in [2.75, 3.05) is 0 Å². The van der Waals surface area contributed by atoms with Crippen LogP contribution in [0, 0.1) is 11.8 Å². The van der Waals surface area contributed by atoms with Gasteiger partial charge in [0.25, 0.3) is 5.91 Å². The summed E-state index contributed by atoms with van der Waals surface area (Å²) in [4.78, 5) is 20.1. The maximum atomic E-state index is 13.2. The third kappa shape index (κ3) is 4.64. The van der Waals surface area contributed by atoms with E-state index >= 15 is 0 Å². The SMILES string of the molecule is CC(C)[C@H]1c2ncc(C(=O)N[C@@H]3c4ccccc4C[C@H]3C)cc2CN1Cc1ccc(C(F)(F)F)cc1. The van der Waals surface area contributed by atoms with Crippen molar-refractivity contribution in [3.8, 4) is 0 Å². The number of nitrogens with one attached hydrogen (secondary N) is 1. The van der Waals surface area contributed by atoms with E-state index in [0.717, 1.165) is 35.4 Å². The van der Waals surface area contributed by atoms with Gasteiger partial charge in [0.2, 0.25) is 0 Å². The van der Waals surface area contributed by atoms with Gasteiger partial charge in [-0.3, -0.25) is 14.7 Å². The van der Waals surface area contributed by atoms with E-state index in [0.29, 0.717) is 24.6 Å². The molecule has 0 saturated heterocycles. The number of benzene rings is 2. The summed E-state index contributed by atoms with van der Waals surface area (Å²) in [7, 11) is 0. The van der Waals surface area contributed by atoms with Crippen molar-refractivity contribution in [3.05, 3.63) is 99.9 Å². The lowest BCUT2D eigenvalue weighted by Crippen LogP contribution is -2.30. The highest BCUT2D eigenvalue weighted by molar-refractivity contribution is 5.94. The van der Waals surface area contributed by atoms with Gasteiger partial charge < -0.3 is 5.32 Å². The minimum absolute atomic E-state index is 0.0264. The summed E-state index contributed by atoms with van der Waals surface area (Å²) in [5, 5.41) is 3.21. The van der Waals surface area contributed by atoms with E-state index in [4.69, 9.17) is 4.98 Å². The molecule has 1 N–H and O–H groups in total. The van der Waals surface area contributed by atoms with Crippen molar-refractivity contribution in [2.45, 2.75) is 58.5 Å². The zero-order valence-electron chi connectivity index (χ0n) is 20.6. The van der Waals surface area contributed by atoms with Gasteiger partial charge in [-0.2, -0.15) is 13.2 Å². The molecule has 1 amide bonds. The number of fused-ring (bicyclic) bond motifs is 2. The normalized spacial score (nSPS) is 21.5. The monoisotopic (exact) mass is 493 g/mol. The van der Waals surface area contributed by atoms with Crippen molar-refractivity contribution >= 4 is 5.91 Å². The topological polar surface area (TPSA) is 45.2 Å². The zero-order chi connectivity index (χ0) is 25.6. The first-order valence-corrected chi connectivity index (χ1v) is 12.4. The van der Waals surface area contributed by atoms with Gasteiger partial charge in [-0.05, 0) is 58.7 Å². The van der Waals surface area contributed by atoms with Crippen LogP contribution >= 0.6 is 0 Å². The molecule has 188 valence electrons. The Morgan fingerprint density at radius 1 is 1.11 bits per heavy atom. The molecule has 1 aromatic heterocycles. The molecule has 3 aromatic rings. The highest BCUT2D eigenvalue weighted by Gasteiger charge is 2.36. The molecule has 5 rings (SSSR count). The van der Waals surface area contributed by atoms with Crippen LogP contribution in [0.2, 0.25) is 0 Å². The third-order valence-corrected chi connectivity index (χ3v) is 7.40. The van der Waals surface area contributed by atoms with Gasteiger partial charge in [-0.15, -0.1) is 0 Å². The van der Waals surface area contributed by atoms with Crippen molar-refractivity contribution in [1.82, 2.24) is 15.2 Å². The van der Waals surface area contributed by atoms with Crippen LogP contribution in [0.5, 0.6) is 0 Å². The Bertz CT molecular complexity index is 1270. The summed E-state index contributed by atoms with van der Waals surface area (Å²) in [6.45, 7) is 7.48. The van der Waals surface area contributed by atoms with Gasteiger partial charge in [-0.1, -0.05) is 57.2 Å². The zero-order valence-corrected chi connectivity index (χ0v) is 20.6. The Hall–Kier alpha value is -3.19. The fraction of sp³-hybridized carbons (Fsp3) is 0.379. The van der Waals surface area contributed by atoms with Gasteiger partial charge in [-0.25, -0.2) is 0 Å². The Labute approximate surface area is 209 Å². The molecule has 36 heavy (non-hydrogen) atoms. The summed E-state index contributed by atoms with van der Waals surface area (Å²) in [5.74, 6) is 0.433. The van der Waals surface area contributed by atoms with E-state index < -0.39 is 11.7 Å². The number of rotatable bonds is 5. The summed E-state index contributed by atoms with van der Waals surface area (Å²) >= 11 is 0. The number of nitrogens with zero attached hydrogens (tertiary/aromatic N) is 2. The molecule has 1 aliphatic carbocycles. The summed E-state index contributed by atoms with van der Waals surface area (Å²) in [6, 6.07) is 15.5. The number of halogens is 3. The lowest BCUT2D eigenvalue weighted by molar-refractivity contribution is -0.137. The molecule has 0 saturated carbocycles. The quantitative estimate of drug-likeness (QED) is 0.443. The largest absolute Gasteiger partial charge is 0.416 e. The van der Waals surface area contributed by atoms with Crippen LogP contribution in [0.15, 0.2) is 60.8 Å². The second-order valence-electron chi connectivity index (χ2n) is 10.4. The van der Waals surface area contributed by atoms with E-state index in [1.807, 2.05) is 18.2 Å². The molecule has 2 aromatic carbocycles. The third-order valence-electron chi connectivity index (χ3n) is 7.40. The average Bonchev–Trinajstić information content (AvgIpc) is 3.35. The number of carbonyl (C=O) groups is 1. The van der Waals surface area contributed by atoms with Crippen molar-refractivity contribution in [1.29, 1.82) is 0 Å². The Morgan fingerprint density at radius 3 is 2.53 bits per heavy atom. The maximum absolute atomic E-state index is 13.2. The summed E-state index contributed by atoms with van der Waals surface area (Å²) in [6.07, 6.45) is -1.75. The molecule has 2 aliphatic rings. The van der Waals surface area contributed by atoms with E-state index in [1.54, 1.807) is 6.20 Å². The van der Waals surface area contributed by atoms with E-state index in [-0.39, 0.29) is 23.9 Å². The molecule has 2 heterocycles. The molecular weight excluding hydrogens is 463 g/mol. The lowest BCUT2D eigenvalue weighted by Gasteiger charge is -2.27. The van der Waals surface area contributed by atoms with Gasteiger partial charge in [0, 0.05) is 19.3 Å². The van der Waals surface area contributed by atoms with Gasteiger partial charge in [0.05, 0.1) is 28.9 Å². The van der Waals surface area contributed by atoms with Gasteiger partial charge >= 0.3 is 6.18 Å². The standard InChI is InChI=1S/C29H30F3N3O/c1-17(2)27-26-22(16-35(27)15-19-8-10-23(11-9-19)29(30,31)32)13-21(14-33-26)28(36)34-25-18(3)12-20-6-4-5-7-24(20)25/h4-11,13-14,17-18,25,27H,12,15-16H2,1-3H3,(H,34,36)/t18-,25+,27+/m1/s1. The van der Waals surface area contributed by atoms with Crippen LogP contribution in [0.3, 0.4) is 0 Å². The number of alkyl halides is 3. The van der Waals surface area contributed by atoms with Crippen LogP contribution in [0.4, 0.5) is 13.2 Å². The highest BCUT2D eigenvalue weighted by Crippen LogP contribution is 2.40. The van der Waals surface area contributed by atoms with E-state index in [2.05, 4.69) is 43.1 Å². The van der Waals surface area contributed by atoms with E-state index in [9.17, 15) is 18.0 Å². The summed E-state index contributed by atoms with van der Waals surface area (Å²) in [5.41, 5.74) is 5.09. The average molecular weight is 494 g/mol. The number of pyridine rings is 1. The molecule has 4 nitrogen and oxygen atoms in total. The minimum atomic E-state index is -4.35. The maximum Gasteiger partial charge on any atom is 0.416 e. The molecule has 3 atom stereocenters. The van der Waals surface area contributed by atoms with E-state index in [1.165, 1.54) is 23.3 Å². The number of aromatic nitrogens is 1. The number of amides is 1. The lowest BCUT2D eigenvalue weighted by atomic mass is 9.98. The fourth-order valence-corrected chi connectivity index (χ4v) is 5.69. The number of carbonyl (C=O) groups excluding carboxylic acids is 1. The summed E-state index contributed by atoms with van der Waals surface area (Å²) < 4.78 is 38.8. The van der Waals surface area contributed by atoms with Crippen LogP contribution < -0.4 is 5.32 Å². The predicted octanol–water partition coefficient (Wildman–Crippen LogP) is 6.48. The van der Waals surface area contributed by atoms with Crippen molar-refractivity contribution < 1.29 is 18.0 Å². The Morgan fingerprint density at radius 2 is 1.83 bits per heavy atom. The highest BCUT2D eigenvalue weighted by atomic mass is 19.4. The first-order valence-electron chi connectivity index (χ1n) is 12.4. The van der Waals surface area contributed by atoms with Gasteiger partial charge in [0.1, 0.15) is 0 Å². The molecule has 0 spiro atoms. The van der Waals surface area contributed by atoms with Gasteiger partial charge in [0.15, 0.2) is 0 Å². The Kier molecular flexibility index (Phi) is 6.37. The smallest absolute Gasteiger partial charge is 0.345 e. The Balaban J connectivity index is 1.34. The first kappa shape index (κ1) is 24.5. The number of hydrogen-bond acceptors (Lipinski definition) is 3. The second kappa shape index (κ2) is 9.36. The fourth-order valence-electron chi connectivity index (χ4n) is 5.69. The minimum Gasteiger partial charge on any atom is -0.345 e. The van der Waals surface area contributed by atoms with Crippen molar-refractivity contribution in [2.24, 2.45) is 11.8 Å². The number of hydrogen-bond donors (Lipinski definition) is 1. The van der Waals surface area contributed by atoms with Crippen LogP contribution in [-0.4, -0.2) is 15.8 Å². The second-order valence-corrected chi connectivity index (χ2v) is 10.4. The molecule has 0 radical (unpaired) electrons. The first-order chi connectivity index (χ1) is 17.1. The van der Waals surface area contributed by atoms with Crippen LogP contribution in [0.25, 0.3) is 0 Å². The predicted molar refractivity (Wildman–Crippen MR) is 132 cm³/mol. The molecule has 0 fully saturated rings. The van der Waals surface area contributed by atoms with Crippen LogP contribution in [0.1, 0.15) is 76.7 Å². The molecule has 1 aliphatic heterocycles. The molecule has 0 unspecified atom stereocenters. The molecule has 0 bridgehead atoms.